The number of hydrogen-bond donors (Lipinski definition) is 1. The van der Waals surface area contributed by atoms with E-state index >= 15 is 0 Å². The fourth-order valence-corrected chi connectivity index (χ4v) is 1.08. The quantitative estimate of drug-likeness (QED) is 0.646. The average molecular weight is 255 g/mol. The molecule has 1 rings (SSSR count). The van der Waals surface area contributed by atoms with Gasteiger partial charge >= 0.3 is 81.4 Å². The SMILES string of the molecule is O=C(O)c1ccccc1CCl.[Ca+2].[Ca+2].[H-].[H-].[H-].[H-]. The number of carboxylic acids is 1. The van der Waals surface area contributed by atoms with E-state index in [0.29, 0.717) is 5.56 Å². The van der Waals surface area contributed by atoms with Crippen molar-refractivity contribution in [2.45, 2.75) is 5.88 Å². The van der Waals surface area contributed by atoms with E-state index in [4.69, 9.17) is 16.7 Å². The maximum absolute atomic E-state index is 10.5. The zero-order chi connectivity index (χ0) is 8.27. The van der Waals surface area contributed by atoms with Crippen LogP contribution in [0, 0.1) is 0 Å². The van der Waals surface area contributed by atoms with Gasteiger partial charge in [0.2, 0.25) is 0 Å². The molecule has 0 saturated carbocycles. The van der Waals surface area contributed by atoms with Crippen molar-refractivity contribution in [3.05, 3.63) is 35.4 Å². The van der Waals surface area contributed by atoms with E-state index in [1.54, 1.807) is 24.3 Å². The molecule has 1 aromatic rings. The molecule has 0 spiro atoms. The second kappa shape index (κ2) is 8.78. The van der Waals surface area contributed by atoms with E-state index in [0.717, 1.165) is 0 Å². The molecule has 1 aromatic carbocycles. The van der Waals surface area contributed by atoms with Crippen LogP contribution in [0.2, 0.25) is 0 Å². The Morgan fingerprint density at radius 3 is 2.31 bits per heavy atom. The van der Waals surface area contributed by atoms with Crippen molar-refractivity contribution < 1.29 is 15.6 Å². The smallest absolute Gasteiger partial charge is 1.00 e. The first-order valence-corrected chi connectivity index (χ1v) is 3.66. The number of halogens is 1. The van der Waals surface area contributed by atoms with Gasteiger partial charge in [-0.15, -0.1) is 11.6 Å². The van der Waals surface area contributed by atoms with Crippen LogP contribution in [-0.2, 0) is 5.88 Å². The Bertz CT molecular complexity index is 292. The van der Waals surface area contributed by atoms with Gasteiger partial charge in [0.05, 0.1) is 5.56 Å². The second-order valence-electron chi connectivity index (χ2n) is 2.10. The van der Waals surface area contributed by atoms with Gasteiger partial charge < -0.3 is 10.8 Å². The summed E-state index contributed by atoms with van der Waals surface area (Å²) in [5.41, 5.74) is 0.934. The van der Waals surface area contributed by atoms with E-state index in [1.807, 2.05) is 0 Å². The van der Waals surface area contributed by atoms with Gasteiger partial charge in [-0.1, -0.05) is 18.2 Å². The Morgan fingerprint density at radius 2 is 1.92 bits per heavy atom. The third-order valence-electron chi connectivity index (χ3n) is 1.39. The summed E-state index contributed by atoms with van der Waals surface area (Å²) in [7, 11) is 0. The van der Waals surface area contributed by atoms with Crippen molar-refractivity contribution in [2.24, 2.45) is 0 Å². The first-order chi connectivity index (χ1) is 5.25. The van der Waals surface area contributed by atoms with E-state index in [9.17, 15) is 4.79 Å². The zero-order valence-electron chi connectivity index (χ0n) is 11.2. The number of aromatic carboxylic acids is 1. The van der Waals surface area contributed by atoms with Gasteiger partial charge in [0, 0.05) is 5.88 Å². The van der Waals surface area contributed by atoms with E-state index < -0.39 is 5.97 Å². The number of carboxylic acid groups (broad SMARTS) is 1. The number of rotatable bonds is 2. The number of carbonyl (C=O) groups is 1. The monoisotopic (exact) mass is 254 g/mol. The summed E-state index contributed by atoms with van der Waals surface area (Å²) in [6.07, 6.45) is 0. The summed E-state index contributed by atoms with van der Waals surface area (Å²) in [5.74, 6) is -0.691. The molecule has 0 radical (unpaired) electrons. The molecule has 0 aliphatic heterocycles. The van der Waals surface area contributed by atoms with Crippen molar-refractivity contribution in [3.63, 3.8) is 0 Å². The minimum atomic E-state index is -0.929. The maximum Gasteiger partial charge on any atom is 2.00 e. The van der Waals surface area contributed by atoms with Gasteiger partial charge in [0.1, 0.15) is 0 Å². The Kier molecular flexibility index (Phi) is 11.4. The zero-order valence-corrected chi connectivity index (χ0v) is 12.3. The average Bonchev–Trinajstić information content (AvgIpc) is 2.04. The van der Waals surface area contributed by atoms with Crippen LogP contribution in [0.5, 0.6) is 0 Å². The Hall–Kier alpha value is 1.50. The molecule has 0 aromatic heterocycles. The second-order valence-corrected chi connectivity index (χ2v) is 2.36. The fraction of sp³-hybridized carbons (Fsp3) is 0.125. The van der Waals surface area contributed by atoms with Crippen molar-refractivity contribution >= 4 is 93.0 Å². The third-order valence-corrected chi connectivity index (χ3v) is 1.68. The van der Waals surface area contributed by atoms with E-state index in [2.05, 4.69) is 0 Å². The van der Waals surface area contributed by atoms with Crippen LogP contribution in [0.15, 0.2) is 24.3 Å². The largest absolute Gasteiger partial charge is 2.00 e. The molecule has 1 N–H and O–H groups in total. The number of hydrogen-bond acceptors (Lipinski definition) is 1. The molecule has 0 fully saturated rings. The molecular formula is C8H11Ca2ClO2. The Morgan fingerprint density at radius 1 is 1.38 bits per heavy atom. The van der Waals surface area contributed by atoms with Crippen molar-refractivity contribution in [1.29, 1.82) is 0 Å². The van der Waals surface area contributed by atoms with Gasteiger partial charge in [0.15, 0.2) is 0 Å². The molecule has 0 aliphatic carbocycles. The van der Waals surface area contributed by atoms with Crippen LogP contribution in [-0.4, -0.2) is 86.6 Å². The normalized spacial score (nSPS) is 8.08. The first kappa shape index (κ1) is 16.9. The molecule has 0 bridgehead atoms. The number of alkyl halides is 1. The van der Waals surface area contributed by atoms with E-state index in [-0.39, 0.29) is 92.6 Å². The molecule has 0 heterocycles. The van der Waals surface area contributed by atoms with Gasteiger partial charge in [-0.3, -0.25) is 0 Å². The molecule has 13 heavy (non-hydrogen) atoms. The van der Waals surface area contributed by atoms with Crippen LogP contribution in [0.3, 0.4) is 0 Å². The standard InChI is InChI=1S/C8H7ClO2.2Ca.4H/c9-5-6-3-1-2-4-7(6)8(10)11;;;;;;/h1-4H,5H2,(H,10,11);;;;;;/q;2*+2;4*-1. The topological polar surface area (TPSA) is 37.3 Å². The van der Waals surface area contributed by atoms with Crippen LogP contribution >= 0.6 is 11.6 Å². The minimum Gasteiger partial charge on any atom is -1.00 e. The van der Waals surface area contributed by atoms with Crippen molar-refractivity contribution in [1.82, 2.24) is 0 Å². The van der Waals surface area contributed by atoms with E-state index in [1.165, 1.54) is 0 Å². The molecule has 0 atom stereocenters. The summed E-state index contributed by atoms with van der Waals surface area (Å²) in [6, 6.07) is 6.69. The summed E-state index contributed by atoms with van der Waals surface area (Å²) < 4.78 is 0. The molecule has 0 saturated heterocycles. The van der Waals surface area contributed by atoms with Crippen LogP contribution in [0.25, 0.3) is 0 Å². The number of benzene rings is 1. The Balaban J connectivity index is -0.0000000504. The van der Waals surface area contributed by atoms with Crippen LogP contribution < -0.4 is 0 Å². The maximum atomic E-state index is 10.5. The van der Waals surface area contributed by atoms with Crippen LogP contribution in [0.4, 0.5) is 0 Å². The van der Waals surface area contributed by atoms with Crippen LogP contribution in [0.1, 0.15) is 21.6 Å². The third kappa shape index (κ3) is 5.22. The minimum absolute atomic E-state index is 0. The molecular weight excluding hydrogens is 244 g/mol. The fourth-order valence-electron chi connectivity index (χ4n) is 0.845. The predicted octanol–water partition coefficient (Wildman–Crippen LogP) is 1.81. The van der Waals surface area contributed by atoms with Crippen molar-refractivity contribution in [3.8, 4) is 0 Å². The van der Waals surface area contributed by atoms with Gasteiger partial charge in [0.25, 0.3) is 0 Å². The molecule has 5 heteroatoms. The van der Waals surface area contributed by atoms with Gasteiger partial charge in [-0.25, -0.2) is 4.79 Å². The summed E-state index contributed by atoms with van der Waals surface area (Å²) in [4.78, 5) is 10.5. The first-order valence-electron chi connectivity index (χ1n) is 3.13. The molecule has 2 nitrogen and oxygen atoms in total. The molecule has 0 unspecified atom stereocenters. The molecule has 0 aliphatic rings. The summed E-state index contributed by atoms with van der Waals surface area (Å²) >= 11 is 5.51. The van der Waals surface area contributed by atoms with Gasteiger partial charge in [-0.05, 0) is 11.6 Å². The summed E-state index contributed by atoms with van der Waals surface area (Å²) in [5, 5.41) is 8.64. The van der Waals surface area contributed by atoms with Gasteiger partial charge in [-0.2, -0.15) is 0 Å². The predicted molar refractivity (Wildman–Crippen MR) is 58.9 cm³/mol. The van der Waals surface area contributed by atoms with Crippen molar-refractivity contribution in [2.75, 3.05) is 0 Å². The summed E-state index contributed by atoms with van der Waals surface area (Å²) in [6.45, 7) is 0. The Labute approximate surface area is 148 Å². The molecule has 0 amide bonds. The molecule has 66 valence electrons.